The summed E-state index contributed by atoms with van der Waals surface area (Å²) in [6, 6.07) is 7.17. The minimum Gasteiger partial charge on any atom is -0.326 e. The van der Waals surface area contributed by atoms with Crippen LogP contribution in [0.3, 0.4) is 0 Å². The number of halogens is 2. The van der Waals surface area contributed by atoms with Crippen LogP contribution in [0.15, 0.2) is 24.3 Å². The number of carbonyl (C=O) groups excluding carboxylic acids is 2. The molecule has 0 spiro atoms. The lowest BCUT2D eigenvalue weighted by molar-refractivity contribution is -0.116. The number of benzene rings is 1. The van der Waals surface area contributed by atoms with Crippen LogP contribution in [-0.4, -0.2) is 50.4 Å². The highest BCUT2D eigenvalue weighted by molar-refractivity contribution is 5.93. The second-order valence-electron chi connectivity index (χ2n) is 6.30. The molecular formula is C17H28Cl2N4O2. The van der Waals surface area contributed by atoms with Crippen LogP contribution < -0.4 is 16.0 Å². The van der Waals surface area contributed by atoms with Crippen LogP contribution in [0.5, 0.6) is 0 Å². The molecule has 142 valence electrons. The average molecular weight is 391 g/mol. The van der Waals surface area contributed by atoms with Crippen LogP contribution in [0.2, 0.25) is 0 Å². The second kappa shape index (κ2) is 12.1. The van der Waals surface area contributed by atoms with Crippen molar-refractivity contribution in [2.75, 3.05) is 44.4 Å². The van der Waals surface area contributed by atoms with Crippen molar-refractivity contribution < 1.29 is 9.59 Å². The Kier molecular flexibility index (Phi) is 11.4. The van der Waals surface area contributed by atoms with E-state index in [4.69, 9.17) is 0 Å². The Labute approximate surface area is 161 Å². The summed E-state index contributed by atoms with van der Waals surface area (Å²) >= 11 is 0. The number of hydrogen-bond donors (Lipinski definition) is 3. The van der Waals surface area contributed by atoms with Gasteiger partial charge in [-0.2, -0.15) is 0 Å². The van der Waals surface area contributed by atoms with E-state index in [1.807, 2.05) is 19.0 Å². The van der Waals surface area contributed by atoms with Crippen molar-refractivity contribution in [1.29, 1.82) is 0 Å². The first-order valence-electron chi connectivity index (χ1n) is 8.08. The lowest BCUT2D eigenvalue weighted by Gasteiger charge is -2.10. The zero-order valence-electron chi connectivity index (χ0n) is 14.7. The second-order valence-corrected chi connectivity index (χ2v) is 6.30. The van der Waals surface area contributed by atoms with Crippen LogP contribution in [-0.2, 0) is 9.59 Å². The fourth-order valence-electron chi connectivity index (χ4n) is 2.10. The zero-order valence-corrected chi connectivity index (χ0v) is 16.3. The van der Waals surface area contributed by atoms with E-state index in [9.17, 15) is 9.59 Å². The van der Waals surface area contributed by atoms with Gasteiger partial charge in [-0.25, -0.2) is 0 Å². The average Bonchev–Trinajstić information content (AvgIpc) is 3.31. The van der Waals surface area contributed by atoms with Crippen LogP contribution in [0.25, 0.3) is 0 Å². The van der Waals surface area contributed by atoms with Gasteiger partial charge in [0.15, 0.2) is 0 Å². The topological polar surface area (TPSA) is 73.5 Å². The maximum Gasteiger partial charge on any atom is 0.238 e. The number of carbonyl (C=O) groups is 2. The number of nitrogens with zero attached hydrogens (tertiary/aromatic N) is 1. The van der Waals surface area contributed by atoms with Gasteiger partial charge in [0, 0.05) is 24.3 Å². The van der Waals surface area contributed by atoms with E-state index in [1.54, 1.807) is 24.3 Å². The molecule has 0 radical (unpaired) electrons. The number of anilines is 2. The first-order chi connectivity index (χ1) is 11.0. The van der Waals surface area contributed by atoms with Crippen LogP contribution in [0.4, 0.5) is 11.4 Å². The fourth-order valence-corrected chi connectivity index (χ4v) is 2.10. The predicted octanol–water partition coefficient (Wildman–Crippen LogP) is 2.36. The maximum atomic E-state index is 11.8. The van der Waals surface area contributed by atoms with E-state index < -0.39 is 0 Å². The molecular weight excluding hydrogens is 363 g/mol. The summed E-state index contributed by atoms with van der Waals surface area (Å²) in [4.78, 5) is 25.5. The summed E-state index contributed by atoms with van der Waals surface area (Å²) in [6.07, 6.45) is 3.00. The van der Waals surface area contributed by atoms with Crippen molar-refractivity contribution in [1.82, 2.24) is 10.2 Å². The molecule has 0 unspecified atom stereocenters. The van der Waals surface area contributed by atoms with Gasteiger partial charge in [-0.1, -0.05) is 0 Å². The summed E-state index contributed by atoms with van der Waals surface area (Å²) in [5, 5.41) is 8.83. The molecule has 1 aromatic rings. The molecule has 6 nitrogen and oxygen atoms in total. The van der Waals surface area contributed by atoms with Gasteiger partial charge in [0.25, 0.3) is 0 Å². The van der Waals surface area contributed by atoms with Crippen molar-refractivity contribution in [3.63, 3.8) is 0 Å². The van der Waals surface area contributed by atoms with E-state index in [2.05, 4.69) is 16.0 Å². The van der Waals surface area contributed by atoms with Crippen molar-refractivity contribution in [2.45, 2.75) is 19.3 Å². The Bertz CT molecular complexity index is 534. The van der Waals surface area contributed by atoms with Crippen LogP contribution in [0, 0.1) is 5.92 Å². The smallest absolute Gasteiger partial charge is 0.238 e. The monoisotopic (exact) mass is 390 g/mol. The lowest BCUT2D eigenvalue weighted by Crippen LogP contribution is -2.29. The SMILES string of the molecule is CN(C)CCC(=O)Nc1ccc(NC(=O)CNCC2CC2)cc1.Cl.Cl. The quantitative estimate of drug-likeness (QED) is 0.604. The van der Waals surface area contributed by atoms with Crippen molar-refractivity contribution >= 4 is 48.0 Å². The first kappa shape index (κ1) is 23.7. The Morgan fingerprint density at radius 1 is 1.00 bits per heavy atom. The van der Waals surface area contributed by atoms with Gasteiger partial charge in [-0.3, -0.25) is 9.59 Å². The lowest BCUT2D eigenvalue weighted by atomic mass is 10.2. The third-order valence-electron chi connectivity index (χ3n) is 3.65. The summed E-state index contributed by atoms with van der Waals surface area (Å²) < 4.78 is 0. The number of amides is 2. The Balaban J connectivity index is 0.00000288. The molecule has 1 fully saturated rings. The molecule has 2 amide bonds. The minimum atomic E-state index is -0.0478. The third-order valence-corrected chi connectivity index (χ3v) is 3.65. The molecule has 25 heavy (non-hydrogen) atoms. The molecule has 0 heterocycles. The number of hydrogen-bond acceptors (Lipinski definition) is 4. The number of nitrogens with one attached hydrogen (secondary N) is 3. The van der Waals surface area contributed by atoms with Gasteiger partial charge >= 0.3 is 0 Å². The van der Waals surface area contributed by atoms with Crippen molar-refractivity contribution in [3.05, 3.63) is 24.3 Å². The van der Waals surface area contributed by atoms with E-state index >= 15 is 0 Å². The molecule has 0 aliphatic heterocycles. The molecule has 0 saturated heterocycles. The van der Waals surface area contributed by atoms with Crippen molar-refractivity contribution in [3.8, 4) is 0 Å². The predicted molar refractivity (Wildman–Crippen MR) is 107 cm³/mol. The molecule has 1 aliphatic carbocycles. The van der Waals surface area contributed by atoms with Gasteiger partial charge in [-0.15, -0.1) is 24.8 Å². The summed E-state index contributed by atoms with van der Waals surface area (Å²) in [5.41, 5.74) is 1.47. The molecule has 0 atom stereocenters. The molecule has 2 rings (SSSR count). The molecule has 1 aliphatic rings. The van der Waals surface area contributed by atoms with Gasteiger partial charge in [-0.05, 0) is 63.7 Å². The number of rotatable bonds is 9. The van der Waals surface area contributed by atoms with Gasteiger partial charge < -0.3 is 20.9 Å². The zero-order chi connectivity index (χ0) is 16.7. The van der Waals surface area contributed by atoms with Crippen molar-refractivity contribution in [2.24, 2.45) is 5.92 Å². The molecule has 0 bridgehead atoms. The maximum absolute atomic E-state index is 11.8. The largest absolute Gasteiger partial charge is 0.326 e. The summed E-state index contributed by atoms with van der Waals surface area (Å²) in [6.45, 7) is 1.97. The van der Waals surface area contributed by atoms with Crippen LogP contribution >= 0.6 is 24.8 Å². The molecule has 0 aromatic heterocycles. The summed E-state index contributed by atoms with van der Waals surface area (Å²) in [5.74, 6) is 0.700. The Morgan fingerprint density at radius 3 is 2.00 bits per heavy atom. The van der Waals surface area contributed by atoms with Gasteiger partial charge in [0.1, 0.15) is 0 Å². The molecule has 1 aromatic carbocycles. The highest BCUT2D eigenvalue weighted by Gasteiger charge is 2.20. The Hall–Kier alpha value is -1.34. The van der Waals surface area contributed by atoms with E-state index in [0.29, 0.717) is 19.5 Å². The van der Waals surface area contributed by atoms with E-state index in [0.717, 1.165) is 23.8 Å². The van der Waals surface area contributed by atoms with Crippen LogP contribution in [0.1, 0.15) is 19.3 Å². The molecule has 8 heteroatoms. The minimum absolute atomic E-state index is 0. The molecule has 1 saturated carbocycles. The van der Waals surface area contributed by atoms with Gasteiger partial charge in [0.2, 0.25) is 11.8 Å². The summed E-state index contributed by atoms with van der Waals surface area (Å²) in [7, 11) is 3.87. The fraction of sp³-hybridized carbons (Fsp3) is 0.529. The first-order valence-corrected chi connectivity index (χ1v) is 8.08. The van der Waals surface area contributed by atoms with E-state index in [1.165, 1.54) is 12.8 Å². The van der Waals surface area contributed by atoms with E-state index in [-0.39, 0.29) is 36.6 Å². The molecule has 3 N–H and O–H groups in total. The highest BCUT2D eigenvalue weighted by atomic mass is 35.5. The van der Waals surface area contributed by atoms with Gasteiger partial charge in [0.05, 0.1) is 6.54 Å². The standard InChI is InChI=1S/C17H26N4O2.2ClH/c1-21(2)10-9-16(22)19-14-5-7-15(8-6-14)20-17(23)12-18-11-13-3-4-13;;/h5-8,13,18H,3-4,9-12H2,1-2H3,(H,19,22)(H,20,23);2*1H. The third kappa shape index (κ3) is 10.3. The Morgan fingerprint density at radius 2 is 1.52 bits per heavy atom. The highest BCUT2D eigenvalue weighted by Crippen LogP contribution is 2.27. The normalized spacial score (nSPS) is 12.8.